The number of carbonyl (C=O) groups excluding carboxylic acids is 3. The average molecular weight is 858 g/mol. The van der Waals surface area contributed by atoms with Crippen LogP contribution in [-0.2, 0) is 42.8 Å². The number of alkyl halides is 20. The molecule has 4 unspecified atom stereocenters. The smallest absolute Gasteiger partial charge is 0.452 e. The van der Waals surface area contributed by atoms with Crippen molar-refractivity contribution < 1.29 is 131 Å². The molecule has 0 aliphatic carbocycles. The van der Waals surface area contributed by atoms with Crippen LogP contribution < -0.4 is 0 Å². The zero-order valence-electron chi connectivity index (χ0n) is 27.1. The predicted molar refractivity (Wildman–Crippen MR) is 134 cm³/mol. The Morgan fingerprint density at radius 2 is 0.691 bits per heavy atom. The minimum atomic E-state index is -8.64. The van der Waals surface area contributed by atoms with E-state index in [0.717, 1.165) is 0 Å². The number of rotatable bonds is 18. The van der Waals surface area contributed by atoms with Gasteiger partial charge in [0, 0.05) is 16.7 Å². The summed E-state index contributed by atoms with van der Waals surface area (Å²) in [6.07, 6.45) is -54.8. The molecule has 0 heterocycles. The predicted octanol–water partition coefficient (Wildman–Crippen LogP) is 8.11. The molecule has 0 saturated carbocycles. The van der Waals surface area contributed by atoms with Crippen LogP contribution in [0.25, 0.3) is 0 Å². The molecule has 55 heavy (non-hydrogen) atoms. The summed E-state index contributed by atoms with van der Waals surface area (Å²) in [7, 11) is 0. The second-order valence-corrected chi connectivity index (χ2v) is 10.7. The zero-order valence-corrected chi connectivity index (χ0v) is 27.1. The molecular weight excluding hydrogens is 836 g/mol. The van der Waals surface area contributed by atoms with Gasteiger partial charge in [-0.05, 0) is 20.8 Å². The third kappa shape index (κ3) is 10.9. The molecule has 0 aliphatic heterocycles. The SMILES string of the molecule is C=C(C)C(=O)OCC(F)(OC(F)C(C(F)(F)F)(C(F)(F)OC(F)(COC(=O)C(=C)C)C(F)(F)F)C(F)(F)OC(F)(COC(=O)C(=C)C)C(F)(F)F)C(F)(F)F. The van der Waals surface area contributed by atoms with Crippen molar-refractivity contribution in [2.45, 2.75) is 81.6 Å². The lowest BCUT2D eigenvalue weighted by Crippen LogP contribution is -2.74. The van der Waals surface area contributed by atoms with E-state index < -0.39 is 121 Å². The maximum Gasteiger partial charge on any atom is 0.452 e. The van der Waals surface area contributed by atoms with Crippen LogP contribution in [0.1, 0.15) is 20.8 Å². The van der Waals surface area contributed by atoms with E-state index >= 15 is 35.1 Å². The van der Waals surface area contributed by atoms with Crippen LogP contribution in [0.5, 0.6) is 0 Å². The van der Waals surface area contributed by atoms with Crippen molar-refractivity contribution in [3.05, 3.63) is 36.5 Å². The summed E-state index contributed by atoms with van der Waals surface area (Å²) in [6.45, 7) is -0.958. The third-order valence-corrected chi connectivity index (χ3v) is 6.06. The molecule has 0 fully saturated rings. The van der Waals surface area contributed by atoms with Gasteiger partial charge in [0.2, 0.25) is 6.36 Å². The number of carbonyl (C=O) groups is 3. The van der Waals surface area contributed by atoms with Crippen LogP contribution >= 0.6 is 0 Å². The standard InChI is InChI=1S/C26H22F20O9/c1-10(2)13(47)50-7-17(28,21(31,32)33)53-16(27)20(24(40,41)42,25(43,44)54-18(29,22(34,35)36)8-51-14(48)11(3)4)26(45,46)55-19(30,23(37,38)39)9-52-15(49)12(5)6/h16H,1,3,5,7-9H2,2,4,6H3. The molecule has 9 nitrogen and oxygen atoms in total. The summed E-state index contributed by atoms with van der Waals surface area (Å²) in [5, 5.41) is 0. The van der Waals surface area contributed by atoms with Crippen molar-refractivity contribution in [2.75, 3.05) is 19.8 Å². The maximum absolute atomic E-state index is 15.6. The van der Waals surface area contributed by atoms with E-state index in [-0.39, 0.29) is 0 Å². The van der Waals surface area contributed by atoms with Gasteiger partial charge in [0.15, 0.2) is 19.8 Å². The Kier molecular flexibility index (Phi) is 15.1. The molecule has 0 aromatic heterocycles. The normalized spacial score (nSPS) is 18.4. The zero-order chi connectivity index (χ0) is 44.4. The van der Waals surface area contributed by atoms with Gasteiger partial charge >= 0.3 is 77.8 Å². The fraction of sp³-hybridized carbons (Fsp3) is 0.654. The fourth-order valence-corrected chi connectivity index (χ4v) is 3.08. The van der Waals surface area contributed by atoms with E-state index in [1.54, 1.807) is 0 Å². The quantitative estimate of drug-likeness (QED) is 0.0585. The monoisotopic (exact) mass is 858 g/mol. The van der Waals surface area contributed by atoms with Gasteiger partial charge in [-0.15, -0.1) is 0 Å². The van der Waals surface area contributed by atoms with Crippen LogP contribution in [0.15, 0.2) is 36.5 Å². The maximum atomic E-state index is 15.6. The van der Waals surface area contributed by atoms with Crippen molar-refractivity contribution in [3.8, 4) is 0 Å². The largest absolute Gasteiger partial charge is 0.456 e. The van der Waals surface area contributed by atoms with Gasteiger partial charge in [-0.25, -0.2) is 18.8 Å². The Balaban J connectivity index is 8.34. The first-order valence-electron chi connectivity index (χ1n) is 13.3. The highest BCUT2D eigenvalue weighted by Crippen LogP contribution is 2.65. The van der Waals surface area contributed by atoms with E-state index in [1.165, 1.54) is 0 Å². The second-order valence-electron chi connectivity index (χ2n) is 10.7. The number of hydrogen-bond donors (Lipinski definition) is 0. The van der Waals surface area contributed by atoms with Crippen molar-refractivity contribution in [3.63, 3.8) is 0 Å². The average Bonchev–Trinajstić information content (AvgIpc) is 2.93. The lowest BCUT2D eigenvalue weighted by molar-refractivity contribution is -0.562. The fourth-order valence-electron chi connectivity index (χ4n) is 3.08. The summed E-state index contributed by atoms with van der Waals surface area (Å²) in [5.74, 6) is -27.3. The molecule has 0 aromatic carbocycles. The molecule has 0 N–H and O–H groups in total. The van der Waals surface area contributed by atoms with E-state index in [9.17, 15) is 67.1 Å². The molecular formula is C26H22F20O9. The number of ether oxygens (including phenoxy) is 6. The van der Waals surface area contributed by atoms with E-state index in [0.29, 0.717) is 20.8 Å². The molecule has 0 rings (SSSR count). The lowest BCUT2D eigenvalue weighted by Gasteiger charge is -2.48. The molecule has 4 atom stereocenters. The highest BCUT2D eigenvalue weighted by atomic mass is 19.4. The Labute approximate surface area is 292 Å². The van der Waals surface area contributed by atoms with Crippen LogP contribution in [0.3, 0.4) is 0 Å². The molecule has 0 bridgehead atoms. The second kappa shape index (κ2) is 16.3. The summed E-state index contributed by atoms with van der Waals surface area (Å²) in [5.41, 5.74) is -11.9. The van der Waals surface area contributed by atoms with E-state index in [1.807, 2.05) is 0 Å². The van der Waals surface area contributed by atoms with Crippen molar-refractivity contribution >= 4 is 17.9 Å². The van der Waals surface area contributed by atoms with Gasteiger partial charge in [-0.2, -0.15) is 83.4 Å². The minimum absolute atomic E-state index is 0.512. The van der Waals surface area contributed by atoms with Gasteiger partial charge in [-0.3, -0.25) is 14.2 Å². The summed E-state index contributed by atoms with van der Waals surface area (Å²) in [6, 6.07) is 0. The minimum Gasteiger partial charge on any atom is -0.456 e. The summed E-state index contributed by atoms with van der Waals surface area (Å²) in [4.78, 5) is 34.3. The summed E-state index contributed by atoms with van der Waals surface area (Å²) >= 11 is 0. The Hall–Kier alpha value is -3.89. The molecule has 0 radical (unpaired) electrons. The number of hydrogen-bond acceptors (Lipinski definition) is 9. The van der Waals surface area contributed by atoms with Crippen molar-refractivity contribution in [2.24, 2.45) is 5.41 Å². The Morgan fingerprint density at radius 3 is 0.891 bits per heavy atom. The van der Waals surface area contributed by atoms with Crippen LogP contribution in [0.2, 0.25) is 0 Å². The van der Waals surface area contributed by atoms with Crippen molar-refractivity contribution in [1.82, 2.24) is 0 Å². The topological polar surface area (TPSA) is 107 Å². The van der Waals surface area contributed by atoms with Crippen LogP contribution in [0.4, 0.5) is 87.8 Å². The van der Waals surface area contributed by atoms with Crippen LogP contribution in [0, 0.1) is 5.41 Å². The molecule has 0 aromatic rings. The first kappa shape index (κ1) is 51.1. The summed E-state index contributed by atoms with van der Waals surface area (Å²) < 4.78 is 306. The van der Waals surface area contributed by atoms with Crippen LogP contribution in [-0.4, -0.2) is 98.6 Å². The van der Waals surface area contributed by atoms with Gasteiger partial charge < -0.3 is 14.2 Å². The highest BCUT2D eigenvalue weighted by molar-refractivity contribution is 5.87. The molecule has 0 amide bonds. The highest BCUT2D eigenvalue weighted by Gasteiger charge is 2.92. The van der Waals surface area contributed by atoms with E-state index in [4.69, 9.17) is 0 Å². The molecule has 0 aliphatic rings. The first-order chi connectivity index (χ1) is 24.0. The number of esters is 3. The van der Waals surface area contributed by atoms with Gasteiger partial charge in [0.1, 0.15) is 0 Å². The number of halogens is 20. The van der Waals surface area contributed by atoms with Gasteiger partial charge in [0.25, 0.3) is 0 Å². The van der Waals surface area contributed by atoms with Gasteiger partial charge in [-0.1, -0.05) is 19.7 Å². The van der Waals surface area contributed by atoms with Crippen molar-refractivity contribution in [1.29, 1.82) is 0 Å². The Bertz CT molecular complexity index is 1400. The third-order valence-electron chi connectivity index (χ3n) is 6.06. The lowest BCUT2D eigenvalue weighted by atomic mass is 9.82. The van der Waals surface area contributed by atoms with E-state index in [2.05, 4.69) is 48.2 Å². The molecule has 29 heteroatoms. The Morgan fingerprint density at radius 1 is 0.455 bits per heavy atom. The molecule has 0 saturated heterocycles. The first-order valence-corrected chi connectivity index (χ1v) is 13.3. The molecule has 0 spiro atoms. The molecule has 320 valence electrons. The van der Waals surface area contributed by atoms with Gasteiger partial charge in [0.05, 0.1) is 0 Å².